The summed E-state index contributed by atoms with van der Waals surface area (Å²) in [6.45, 7) is 4.44. The Bertz CT molecular complexity index is 1110. The van der Waals surface area contributed by atoms with Crippen LogP contribution < -0.4 is 0 Å². The van der Waals surface area contributed by atoms with Gasteiger partial charge in [-0.2, -0.15) is 10.5 Å². The SMILES string of the molecule is CCCCCC12CCC(c3ccc(CCc4ccc(CCC)c(Cl)c4)c(C#N)c3C#N)(CC1)CC2. The van der Waals surface area contributed by atoms with E-state index in [0.29, 0.717) is 16.5 Å². The summed E-state index contributed by atoms with van der Waals surface area (Å²) in [6, 6.07) is 15.6. The Morgan fingerprint density at radius 1 is 0.771 bits per heavy atom. The third-order valence-corrected chi connectivity index (χ3v) is 9.47. The zero-order valence-electron chi connectivity index (χ0n) is 21.6. The van der Waals surface area contributed by atoms with Crippen LogP contribution in [-0.4, -0.2) is 0 Å². The molecule has 3 heteroatoms. The van der Waals surface area contributed by atoms with Gasteiger partial charge < -0.3 is 0 Å². The summed E-state index contributed by atoms with van der Waals surface area (Å²) in [5.41, 5.74) is 6.37. The molecular formula is C32H39ClN2. The summed E-state index contributed by atoms with van der Waals surface area (Å²) in [4.78, 5) is 0. The van der Waals surface area contributed by atoms with E-state index in [1.807, 2.05) is 0 Å². The summed E-state index contributed by atoms with van der Waals surface area (Å²) in [7, 11) is 0. The molecule has 0 heterocycles. The molecule has 3 aliphatic rings. The molecule has 0 amide bonds. The highest BCUT2D eigenvalue weighted by molar-refractivity contribution is 6.31. The number of hydrogen-bond donors (Lipinski definition) is 0. The molecule has 2 nitrogen and oxygen atoms in total. The van der Waals surface area contributed by atoms with Gasteiger partial charge in [-0.15, -0.1) is 0 Å². The normalized spacial score (nSPS) is 23.1. The molecule has 0 aliphatic heterocycles. The van der Waals surface area contributed by atoms with E-state index in [-0.39, 0.29) is 5.41 Å². The van der Waals surface area contributed by atoms with Crippen LogP contribution in [-0.2, 0) is 24.7 Å². The molecule has 3 aliphatic carbocycles. The van der Waals surface area contributed by atoms with Gasteiger partial charge in [-0.25, -0.2) is 0 Å². The summed E-state index contributed by atoms with van der Waals surface area (Å²) >= 11 is 6.49. The van der Waals surface area contributed by atoms with E-state index < -0.39 is 0 Å². The van der Waals surface area contributed by atoms with Crippen molar-refractivity contribution in [2.75, 3.05) is 0 Å². The fraction of sp³-hybridized carbons (Fsp3) is 0.562. The Labute approximate surface area is 217 Å². The van der Waals surface area contributed by atoms with E-state index >= 15 is 0 Å². The van der Waals surface area contributed by atoms with Gasteiger partial charge >= 0.3 is 0 Å². The molecule has 2 aromatic carbocycles. The van der Waals surface area contributed by atoms with Crippen molar-refractivity contribution >= 4 is 11.6 Å². The van der Waals surface area contributed by atoms with Gasteiger partial charge in [0.2, 0.25) is 0 Å². The maximum atomic E-state index is 10.2. The molecule has 184 valence electrons. The molecule has 0 N–H and O–H groups in total. The molecule has 0 unspecified atom stereocenters. The third-order valence-electron chi connectivity index (χ3n) is 9.12. The van der Waals surface area contributed by atoms with Crippen LogP contribution in [0, 0.1) is 28.1 Å². The molecule has 2 aromatic rings. The lowest BCUT2D eigenvalue weighted by atomic mass is 9.50. The quantitative estimate of drug-likeness (QED) is 0.314. The second kappa shape index (κ2) is 11.2. The Hall–Kier alpha value is -2.29. The molecular weight excluding hydrogens is 448 g/mol. The van der Waals surface area contributed by atoms with Crippen molar-refractivity contribution in [1.29, 1.82) is 10.5 Å². The van der Waals surface area contributed by atoms with Crippen LogP contribution in [0.5, 0.6) is 0 Å². The lowest BCUT2D eigenvalue weighted by Gasteiger charge is -2.54. The Balaban J connectivity index is 1.53. The number of fused-ring (bicyclic) bond motifs is 3. The summed E-state index contributed by atoms with van der Waals surface area (Å²) < 4.78 is 0. The molecule has 2 bridgehead atoms. The molecule has 0 saturated heterocycles. The molecule has 0 aromatic heterocycles. The average Bonchev–Trinajstić information content (AvgIpc) is 2.89. The van der Waals surface area contributed by atoms with Gasteiger partial charge in [0.15, 0.2) is 0 Å². The highest BCUT2D eigenvalue weighted by Crippen LogP contribution is 2.60. The predicted molar refractivity (Wildman–Crippen MR) is 145 cm³/mol. The van der Waals surface area contributed by atoms with Crippen LogP contribution in [0.1, 0.15) is 118 Å². The standard InChI is InChI=1S/C32H39ClN2/c1-3-5-6-14-31-15-18-32(19-16-31,20-17-31)29-13-12-25(27(22-34)28(29)23-35)10-8-24-9-11-26(7-4-2)30(33)21-24/h9,11-13,21H,3-8,10,14-20H2,1-2H3. The Morgan fingerprint density at radius 2 is 1.46 bits per heavy atom. The van der Waals surface area contributed by atoms with Gasteiger partial charge in [0.1, 0.15) is 12.1 Å². The summed E-state index contributed by atoms with van der Waals surface area (Å²) in [6.07, 6.45) is 16.3. The molecule has 3 fully saturated rings. The van der Waals surface area contributed by atoms with E-state index in [0.717, 1.165) is 41.8 Å². The first-order valence-corrected chi connectivity index (χ1v) is 14.1. The average molecular weight is 487 g/mol. The second-order valence-corrected chi connectivity index (χ2v) is 11.6. The van der Waals surface area contributed by atoms with Gasteiger partial charge in [0, 0.05) is 5.02 Å². The Morgan fingerprint density at radius 3 is 2.06 bits per heavy atom. The maximum Gasteiger partial charge on any atom is 0.101 e. The van der Waals surface area contributed by atoms with Crippen LogP contribution in [0.2, 0.25) is 5.02 Å². The van der Waals surface area contributed by atoms with Crippen LogP contribution >= 0.6 is 11.6 Å². The number of hydrogen-bond acceptors (Lipinski definition) is 2. The van der Waals surface area contributed by atoms with Crippen molar-refractivity contribution < 1.29 is 0 Å². The minimum absolute atomic E-state index is 0.0876. The van der Waals surface area contributed by atoms with Crippen molar-refractivity contribution in [3.05, 3.63) is 68.7 Å². The largest absolute Gasteiger partial charge is 0.192 e. The molecule has 0 radical (unpaired) electrons. The van der Waals surface area contributed by atoms with E-state index in [1.165, 1.54) is 75.3 Å². The first kappa shape index (κ1) is 25.8. The topological polar surface area (TPSA) is 47.6 Å². The number of benzene rings is 2. The molecule has 0 atom stereocenters. The summed E-state index contributed by atoms with van der Waals surface area (Å²) in [5, 5.41) is 21.1. The number of aryl methyl sites for hydroxylation is 3. The van der Waals surface area contributed by atoms with Crippen LogP contribution in [0.15, 0.2) is 30.3 Å². The zero-order chi connectivity index (χ0) is 24.9. The van der Waals surface area contributed by atoms with E-state index in [1.54, 1.807) is 0 Å². The minimum atomic E-state index is 0.0876. The highest BCUT2D eigenvalue weighted by Gasteiger charge is 2.49. The first-order chi connectivity index (χ1) is 17.0. The lowest BCUT2D eigenvalue weighted by molar-refractivity contribution is 0.0304. The lowest BCUT2D eigenvalue weighted by Crippen LogP contribution is -2.44. The van der Waals surface area contributed by atoms with E-state index in [9.17, 15) is 10.5 Å². The summed E-state index contributed by atoms with van der Waals surface area (Å²) in [5.74, 6) is 0. The second-order valence-electron chi connectivity index (χ2n) is 11.2. The number of nitrogens with zero attached hydrogens (tertiary/aromatic N) is 2. The molecule has 35 heavy (non-hydrogen) atoms. The van der Waals surface area contributed by atoms with Gasteiger partial charge in [0.05, 0.1) is 11.1 Å². The van der Waals surface area contributed by atoms with Crippen molar-refractivity contribution in [1.82, 2.24) is 0 Å². The number of unbranched alkanes of at least 4 members (excludes halogenated alkanes) is 2. The third kappa shape index (κ3) is 5.29. The smallest absolute Gasteiger partial charge is 0.101 e. The number of rotatable bonds is 10. The van der Waals surface area contributed by atoms with Crippen LogP contribution in [0.4, 0.5) is 0 Å². The zero-order valence-corrected chi connectivity index (χ0v) is 22.3. The van der Waals surface area contributed by atoms with Crippen molar-refractivity contribution in [3.63, 3.8) is 0 Å². The van der Waals surface area contributed by atoms with E-state index in [2.05, 4.69) is 56.3 Å². The fourth-order valence-electron chi connectivity index (χ4n) is 6.83. The highest BCUT2D eigenvalue weighted by atomic mass is 35.5. The van der Waals surface area contributed by atoms with Gasteiger partial charge in [-0.1, -0.05) is 75.4 Å². The molecule has 0 spiro atoms. The molecule has 3 saturated carbocycles. The number of nitriles is 2. The maximum absolute atomic E-state index is 10.2. The van der Waals surface area contributed by atoms with Crippen LogP contribution in [0.25, 0.3) is 0 Å². The molecule has 5 rings (SSSR count). The number of halogens is 1. The van der Waals surface area contributed by atoms with Gasteiger partial charge in [-0.05, 0) is 103 Å². The van der Waals surface area contributed by atoms with Crippen molar-refractivity contribution in [3.8, 4) is 12.1 Å². The fourth-order valence-corrected chi connectivity index (χ4v) is 7.13. The van der Waals surface area contributed by atoms with Crippen molar-refractivity contribution in [2.24, 2.45) is 5.41 Å². The monoisotopic (exact) mass is 486 g/mol. The van der Waals surface area contributed by atoms with Gasteiger partial charge in [-0.3, -0.25) is 0 Å². The predicted octanol–water partition coefficient (Wildman–Crippen LogP) is 8.99. The minimum Gasteiger partial charge on any atom is -0.192 e. The van der Waals surface area contributed by atoms with Crippen molar-refractivity contribution in [2.45, 2.75) is 109 Å². The Kier molecular flexibility index (Phi) is 8.24. The first-order valence-electron chi connectivity index (χ1n) is 13.7. The van der Waals surface area contributed by atoms with Gasteiger partial charge in [0.25, 0.3) is 0 Å². The van der Waals surface area contributed by atoms with E-state index in [4.69, 9.17) is 11.6 Å². The van der Waals surface area contributed by atoms with Crippen LogP contribution in [0.3, 0.4) is 0 Å².